The molecule has 1 radical (unpaired) electrons. The zero-order valence-corrected chi connectivity index (χ0v) is 27.2. The van der Waals surface area contributed by atoms with Gasteiger partial charge in [0.2, 0.25) is 0 Å². The fourth-order valence-electron chi connectivity index (χ4n) is 6.12. The van der Waals surface area contributed by atoms with E-state index in [1.807, 2.05) is 0 Å². The van der Waals surface area contributed by atoms with Gasteiger partial charge in [0.05, 0.1) is 0 Å². The third kappa shape index (κ3) is 5.93. The number of fused-ring (bicyclic) bond motifs is 3. The first-order chi connectivity index (χ1) is 19.3. The van der Waals surface area contributed by atoms with E-state index in [-0.39, 0.29) is 56.9 Å². The SMILES string of the molecule is Cc1cc(C=C(c2ccccc2)c2ccccc2)ccc1C1=CC=CC1c1cccc2c1[cH-]c1ccccc12.[Cl-].[Cl-].[Zr+3]. The second-order valence-electron chi connectivity index (χ2n) is 10.4. The van der Waals surface area contributed by atoms with Gasteiger partial charge in [-0.3, -0.25) is 0 Å². The van der Waals surface area contributed by atoms with Gasteiger partial charge in [0.15, 0.2) is 0 Å². The van der Waals surface area contributed by atoms with Crippen molar-refractivity contribution >= 4 is 38.8 Å². The van der Waals surface area contributed by atoms with E-state index in [2.05, 4.69) is 159 Å². The van der Waals surface area contributed by atoms with E-state index in [1.54, 1.807) is 0 Å². The first-order valence-corrected chi connectivity index (χ1v) is 13.7. The molecule has 1 atom stereocenters. The molecule has 1 unspecified atom stereocenters. The largest absolute Gasteiger partial charge is 3.00 e. The molecule has 0 saturated carbocycles. The predicted octanol–water partition coefficient (Wildman–Crippen LogP) is 4.35. The van der Waals surface area contributed by atoms with Crippen LogP contribution < -0.4 is 24.8 Å². The van der Waals surface area contributed by atoms with Gasteiger partial charge >= 0.3 is 26.2 Å². The van der Waals surface area contributed by atoms with Crippen molar-refractivity contribution in [1.82, 2.24) is 0 Å². The van der Waals surface area contributed by atoms with Crippen molar-refractivity contribution in [2.24, 2.45) is 0 Å². The third-order valence-electron chi connectivity index (χ3n) is 7.98. The van der Waals surface area contributed by atoms with Crippen molar-refractivity contribution in [2.75, 3.05) is 0 Å². The Balaban J connectivity index is 0.00000135. The molecule has 0 nitrogen and oxygen atoms in total. The first kappa shape index (κ1) is 31.6. The van der Waals surface area contributed by atoms with Crippen LogP contribution in [0.5, 0.6) is 0 Å². The average molecular weight is 660 g/mol. The van der Waals surface area contributed by atoms with Gasteiger partial charge in [-0.15, -0.1) is 33.7 Å². The molecule has 6 aromatic carbocycles. The van der Waals surface area contributed by atoms with Gasteiger partial charge in [-0.05, 0) is 52.0 Å². The minimum atomic E-state index is 0. The summed E-state index contributed by atoms with van der Waals surface area (Å²) >= 11 is 0. The van der Waals surface area contributed by atoms with Crippen molar-refractivity contribution in [3.8, 4) is 0 Å². The predicted molar refractivity (Wildman–Crippen MR) is 168 cm³/mol. The molecule has 6 aromatic rings. The molecule has 1 aliphatic carbocycles. The van der Waals surface area contributed by atoms with Crippen LogP contribution in [-0.4, -0.2) is 0 Å². The van der Waals surface area contributed by atoms with Gasteiger partial charge in [0.25, 0.3) is 0 Å². The van der Waals surface area contributed by atoms with Gasteiger partial charge in [0.1, 0.15) is 0 Å². The van der Waals surface area contributed by atoms with E-state index in [0.29, 0.717) is 0 Å². The average Bonchev–Trinajstić information content (AvgIpc) is 3.62. The Hall–Kier alpha value is -3.35. The van der Waals surface area contributed by atoms with Crippen LogP contribution in [0, 0.1) is 6.92 Å². The van der Waals surface area contributed by atoms with Gasteiger partial charge in [0, 0.05) is 5.92 Å². The molecule has 7 rings (SSSR count). The molecule has 3 heteroatoms. The molecule has 0 aromatic heterocycles. The zero-order chi connectivity index (χ0) is 26.2. The maximum Gasteiger partial charge on any atom is 3.00 e. The maximum absolute atomic E-state index is 2.36. The van der Waals surface area contributed by atoms with Crippen LogP contribution in [0.4, 0.5) is 0 Å². The van der Waals surface area contributed by atoms with E-state index in [1.165, 1.54) is 66.1 Å². The first-order valence-electron chi connectivity index (χ1n) is 13.7. The van der Waals surface area contributed by atoms with Gasteiger partial charge in [-0.25, -0.2) is 0 Å². The molecule has 0 heterocycles. The molecule has 0 fully saturated rings. The van der Waals surface area contributed by atoms with Crippen LogP contribution >= 0.6 is 0 Å². The van der Waals surface area contributed by atoms with Crippen LogP contribution in [0.2, 0.25) is 0 Å². The number of halogens is 2. The summed E-state index contributed by atoms with van der Waals surface area (Å²) in [6.07, 6.45) is 9.18. The van der Waals surface area contributed by atoms with Crippen LogP contribution in [0.3, 0.4) is 0 Å². The molecule has 0 aliphatic heterocycles. The fraction of sp³-hybridized carbons (Fsp3) is 0.0513. The molecular formula is C39H29Cl2Zr. The monoisotopic (exact) mass is 657 g/mol. The molecule has 42 heavy (non-hydrogen) atoms. The Bertz CT molecular complexity index is 1870. The Morgan fingerprint density at radius 2 is 1.33 bits per heavy atom. The summed E-state index contributed by atoms with van der Waals surface area (Å²) in [5.74, 6) is 0.245. The summed E-state index contributed by atoms with van der Waals surface area (Å²) < 4.78 is 0. The molecule has 203 valence electrons. The Morgan fingerprint density at radius 3 is 2.02 bits per heavy atom. The van der Waals surface area contributed by atoms with Crippen LogP contribution in [0.1, 0.15) is 39.3 Å². The summed E-state index contributed by atoms with van der Waals surface area (Å²) in [6.45, 7) is 2.24. The number of hydrogen-bond donors (Lipinski definition) is 0. The molecule has 1 aliphatic rings. The zero-order valence-electron chi connectivity index (χ0n) is 23.3. The van der Waals surface area contributed by atoms with Gasteiger partial charge in [-0.1, -0.05) is 139 Å². The summed E-state index contributed by atoms with van der Waals surface area (Å²) in [7, 11) is 0. The van der Waals surface area contributed by atoms with Gasteiger partial charge < -0.3 is 24.8 Å². The molecule has 0 saturated heterocycles. The standard InChI is InChI=1S/C39H29.2ClH.Zr/c1-27-24-28(25-38(29-12-4-2-5-13-29)30-14-6-3-7-15-30)22-23-32(27)34-18-10-20-36(34)37-21-11-19-35-33-17-9-8-16-31(33)26-39(35)37;;;/h2-26,36H,1H3;2*1H;/q-1;;;+3/p-2. The number of allylic oxidation sites excluding steroid dienone is 4. The molecule has 0 amide bonds. The quantitative estimate of drug-likeness (QED) is 0.191. The summed E-state index contributed by atoms with van der Waals surface area (Å²) in [6, 6.07) is 46.1. The summed E-state index contributed by atoms with van der Waals surface area (Å²) in [4.78, 5) is 0. The van der Waals surface area contributed by atoms with E-state index in [0.717, 1.165) is 0 Å². The maximum atomic E-state index is 2.36. The Morgan fingerprint density at radius 1 is 0.690 bits per heavy atom. The van der Waals surface area contributed by atoms with E-state index >= 15 is 0 Å². The van der Waals surface area contributed by atoms with Crippen LogP contribution in [-0.2, 0) is 26.2 Å². The molecule has 0 spiro atoms. The topological polar surface area (TPSA) is 0 Å². The second-order valence-corrected chi connectivity index (χ2v) is 10.4. The smallest absolute Gasteiger partial charge is 1.00 e. The fourth-order valence-corrected chi connectivity index (χ4v) is 6.12. The summed E-state index contributed by atoms with van der Waals surface area (Å²) in [5, 5.41) is 5.34. The van der Waals surface area contributed by atoms with E-state index in [4.69, 9.17) is 0 Å². The third-order valence-corrected chi connectivity index (χ3v) is 7.98. The normalized spacial score (nSPS) is 13.5. The minimum Gasteiger partial charge on any atom is -1.00 e. The number of aryl methyl sites for hydroxylation is 1. The number of benzene rings is 5. The second kappa shape index (κ2) is 13.8. The summed E-state index contributed by atoms with van der Waals surface area (Å²) in [5.41, 5.74) is 10.3. The number of rotatable bonds is 5. The molecular weight excluding hydrogens is 631 g/mol. The van der Waals surface area contributed by atoms with Crippen molar-refractivity contribution in [3.05, 3.63) is 179 Å². The van der Waals surface area contributed by atoms with Crippen molar-refractivity contribution < 1.29 is 51.0 Å². The molecule has 0 bridgehead atoms. The van der Waals surface area contributed by atoms with Crippen molar-refractivity contribution in [2.45, 2.75) is 12.8 Å². The van der Waals surface area contributed by atoms with E-state index < -0.39 is 0 Å². The Kier molecular flexibility index (Phi) is 10.3. The van der Waals surface area contributed by atoms with Gasteiger partial charge in [-0.2, -0.15) is 0 Å². The van der Waals surface area contributed by atoms with Crippen LogP contribution in [0.15, 0.2) is 146 Å². The Labute approximate surface area is 279 Å². The van der Waals surface area contributed by atoms with Crippen LogP contribution in [0.25, 0.3) is 38.8 Å². The van der Waals surface area contributed by atoms with Crippen molar-refractivity contribution in [3.63, 3.8) is 0 Å². The van der Waals surface area contributed by atoms with Crippen molar-refractivity contribution in [1.29, 1.82) is 0 Å². The molecule has 0 N–H and O–H groups in total. The van der Waals surface area contributed by atoms with E-state index in [9.17, 15) is 0 Å². The minimum absolute atomic E-state index is 0. The number of hydrogen-bond acceptors (Lipinski definition) is 0.